The van der Waals surface area contributed by atoms with Gasteiger partial charge >= 0.3 is 0 Å². The van der Waals surface area contributed by atoms with Gasteiger partial charge in [-0.05, 0) is 37.5 Å². The van der Waals surface area contributed by atoms with E-state index >= 15 is 0 Å². The highest BCUT2D eigenvalue weighted by Crippen LogP contribution is 2.30. The maximum absolute atomic E-state index is 12.2. The molecule has 0 aliphatic carbocycles. The van der Waals surface area contributed by atoms with Crippen LogP contribution in [0, 0.1) is 19.3 Å². The molecule has 1 aliphatic heterocycles. The first-order valence-electron chi connectivity index (χ1n) is 8.58. The fourth-order valence-electron chi connectivity index (χ4n) is 2.37. The van der Waals surface area contributed by atoms with Crippen LogP contribution in [0.4, 0.5) is 0 Å². The molecule has 0 spiro atoms. The van der Waals surface area contributed by atoms with E-state index in [1.807, 2.05) is 46.8 Å². The third-order valence-electron chi connectivity index (χ3n) is 4.03. The topological polar surface area (TPSA) is 46.6 Å². The van der Waals surface area contributed by atoms with Gasteiger partial charge in [0.15, 0.2) is 5.78 Å². The van der Waals surface area contributed by atoms with E-state index in [2.05, 4.69) is 6.07 Å². The lowest BCUT2D eigenvalue weighted by Gasteiger charge is -2.19. The number of carbonyl (C=O) groups is 2. The lowest BCUT2D eigenvalue weighted by atomic mass is 9.91. The van der Waals surface area contributed by atoms with E-state index in [0.717, 1.165) is 28.3 Å². The molecule has 0 N–H and O–H groups in total. The molecule has 136 valence electrons. The largest absolute Gasteiger partial charge is 0.493 e. The average Bonchev–Trinajstić information content (AvgIpc) is 2.86. The molecular weight excluding hydrogens is 334 g/mol. The Morgan fingerprint density at radius 3 is 2.72 bits per heavy atom. The maximum atomic E-state index is 12.2. The Morgan fingerprint density at radius 2 is 2.04 bits per heavy atom. The highest BCUT2D eigenvalue weighted by atomic mass is 32.2. The molecule has 1 aromatic carbocycles. The van der Waals surface area contributed by atoms with E-state index in [1.165, 1.54) is 11.8 Å². The molecule has 0 bridgehead atoms. The number of benzene rings is 1. The van der Waals surface area contributed by atoms with Crippen LogP contribution in [0.1, 0.15) is 38.3 Å². The molecule has 0 unspecified atom stereocenters. The van der Waals surface area contributed by atoms with Crippen molar-refractivity contribution in [2.75, 3.05) is 18.9 Å². The normalized spacial score (nSPS) is 16.6. The van der Waals surface area contributed by atoms with Gasteiger partial charge in [0.1, 0.15) is 5.75 Å². The summed E-state index contributed by atoms with van der Waals surface area (Å²) in [5.41, 5.74) is 1.84. The molecule has 2 rings (SSSR count). The highest BCUT2D eigenvalue weighted by molar-refractivity contribution is 8.04. The summed E-state index contributed by atoms with van der Waals surface area (Å²) < 4.78 is 5.85. The van der Waals surface area contributed by atoms with E-state index in [4.69, 9.17) is 4.74 Å². The van der Waals surface area contributed by atoms with Crippen LogP contribution in [0.5, 0.6) is 5.75 Å². The summed E-state index contributed by atoms with van der Waals surface area (Å²) in [7, 11) is 0. The molecule has 0 saturated carbocycles. The Kier molecular flexibility index (Phi) is 6.33. The van der Waals surface area contributed by atoms with Crippen molar-refractivity contribution < 1.29 is 14.3 Å². The minimum absolute atomic E-state index is 0.0429. The zero-order valence-corrected chi connectivity index (χ0v) is 16.5. The van der Waals surface area contributed by atoms with Crippen molar-refractivity contribution in [2.45, 2.75) is 41.0 Å². The molecule has 1 aromatic rings. The number of ether oxygens (including phenoxy) is 1. The predicted molar refractivity (Wildman–Crippen MR) is 103 cm³/mol. The van der Waals surface area contributed by atoms with Gasteiger partial charge in [-0.25, -0.2) is 0 Å². The second-order valence-corrected chi connectivity index (χ2v) is 8.40. The van der Waals surface area contributed by atoms with Gasteiger partial charge in [-0.2, -0.15) is 0 Å². The Morgan fingerprint density at radius 1 is 1.32 bits per heavy atom. The first kappa shape index (κ1) is 19.6. The van der Waals surface area contributed by atoms with Gasteiger partial charge in [0.2, 0.25) is 5.91 Å². The summed E-state index contributed by atoms with van der Waals surface area (Å²) in [4.78, 5) is 26.0. The van der Waals surface area contributed by atoms with Crippen LogP contribution >= 0.6 is 11.8 Å². The van der Waals surface area contributed by atoms with Gasteiger partial charge in [0, 0.05) is 18.0 Å². The van der Waals surface area contributed by atoms with E-state index in [-0.39, 0.29) is 11.7 Å². The van der Waals surface area contributed by atoms with Crippen molar-refractivity contribution >= 4 is 23.5 Å². The number of nitrogens with zero attached hydrogens (tertiary/aromatic N) is 1. The molecule has 4 nitrogen and oxygen atoms in total. The number of ketones is 1. The number of carbonyl (C=O) groups excluding carboxylic acids is 2. The SMILES string of the molecule is Cc1ccc(C)c(OCCCN2C(=O)CS/C2=C\C(=O)C(C)(C)C)c1. The monoisotopic (exact) mass is 361 g/mol. The molecule has 0 radical (unpaired) electrons. The van der Waals surface area contributed by atoms with E-state index in [0.29, 0.717) is 18.9 Å². The zero-order valence-electron chi connectivity index (χ0n) is 15.7. The molecule has 1 saturated heterocycles. The third kappa shape index (κ3) is 5.36. The number of allylic oxidation sites excluding steroid dienone is 1. The Hall–Kier alpha value is -1.75. The van der Waals surface area contributed by atoms with E-state index < -0.39 is 5.41 Å². The minimum atomic E-state index is -0.434. The van der Waals surface area contributed by atoms with Crippen LogP contribution in [0.15, 0.2) is 29.3 Å². The number of amides is 1. The molecule has 25 heavy (non-hydrogen) atoms. The van der Waals surface area contributed by atoms with Gasteiger partial charge in [-0.15, -0.1) is 0 Å². The zero-order chi connectivity index (χ0) is 18.6. The Bertz CT molecular complexity index is 689. The number of thioether (sulfide) groups is 1. The molecule has 1 aliphatic rings. The first-order valence-corrected chi connectivity index (χ1v) is 9.56. The van der Waals surface area contributed by atoms with E-state index in [9.17, 15) is 9.59 Å². The predicted octanol–water partition coefficient (Wildman–Crippen LogP) is 4.10. The van der Waals surface area contributed by atoms with Gasteiger partial charge in [0.05, 0.1) is 17.4 Å². The van der Waals surface area contributed by atoms with Crippen molar-refractivity contribution in [3.8, 4) is 5.75 Å². The highest BCUT2D eigenvalue weighted by Gasteiger charge is 2.29. The van der Waals surface area contributed by atoms with Crippen LogP contribution in [0.2, 0.25) is 0 Å². The standard InChI is InChI=1S/C20H27NO3S/c1-14-7-8-15(2)16(11-14)24-10-6-9-21-18(23)13-25-19(21)12-17(22)20(3,4)5/h7-8,11-12H,6,9-10,13H2,1-5H3/b19-12-. The molecule has 0 aromatic heterocycles. The third-order valence-corrected chi connectivity index (χ3v) is 5.06. The Labute approximate surface area is 154 Å². The van der Waals surface area contributed by atoms with Crippen molar-refractivity contribution in [3.05, 3.63) is 40.4 Å². The number of hydrogen-bond donors (Lipinski definition) is 0. The Balaban J connectivity index is 1.92. The van der Waals surface area contributed by atoms with Crippen molar-refractivity contribution in [3.63, 3.8) is 0 Å². The molecule has 1 fully saturated rings. The lowest BCUT2D eigenvalue weighted by Crippen LogP contribution is -2.28. The molecule has 1 heterocycles. The average molecular weight is 362 g/mol. The van der Waals surface area contributed by atoms with Crippen LogP contribution in [-0.4, -0.2) is 35.5 Å². The first-order chi connectivity index (χ1) is 11.7. The van der Waals surface area contributed by atoms with Crippen molar-refractivity contribution in [1.82, 2.24) is 4.90 Å². The summed E-state index contributed by atoms with van der Waals surface area (Å²) in [5.74, 6) is 1.40. The summed E-state index contributed by atoms with van der Waals surface area (Å²) in [6, 6.07) is 6.13. The van der Waals surface area contributed by atoms with Crippen LogP contribution in [0.25, 0.3) is 0 Å². The van der Waals surface area contributed by atoms with Gasteiger partial charge in [-0.3, -0.25) is 9.59 Å². The lowest BCUT2D eigenvalue weighted by molar-refractivity contribution is -0.125. The van der Waals surface area contributed by atoms with Gasteiger partial charge < -0.3 is 9.64 Å². The number of rotatable bonds is 6. The fourth-order valence-corrected chi connectivity index (χ4v) is 3.33. The molecular formula is C20H27NO3S. The van der Waals surface area contributed by atoms with Crippen LogP contribution in [0.3, 0.4) is 0 Å². The minimum Gasteiger partial charge on any atom is -0.493 e. The molecule has 1 amide bonds. The fraction of sp³-hybridized carbons (Fsp3) is 0.500. The number of aryl methyl sites for hydroxylation is 2. The van der Waals surface area contributed by atoms with Crippen molar-refractivity contribution in [1.29, 1.82) is 0 Å². The van der Waals surface area contributed by atoms with Crippen LogP contribution in [-0.2, 0) is 9.59 Å². The maximum Gasteiger partial charge on any atom is 0.237 e. The summed E-state index contributed by atoms with van der Waals surface area (Å²) >= 11 is 1.44. The second-order valence-electron chi connectivity index (χ2n) is 7.40. The van der Waals surface area contributed by atoms with Crippen LogP contribution < -0.4 is 4.74 Å². The van der Waals surface area contributed by atoms with E-state index in [1.54, 1.807) is 11.0 Å². The van der Waals surface area contributed by atoms with Gasteiger partial charge in [-0.1, -0.05) is 44.7 Å². The second kappa shape index (κ2) is 8.09. The quantitative estimate of drug-likeness (QED) is 0.565. The summed E-state index contributed by atoms with van der Waals surface area (Å²) in [5, 5.41) is 0.761. The van der Waals surface area contributed by atoms with Gasteiger partial charge in [0.25, 0.3) is 0 Å². The summed E-state index contributed by atoms with van der Waals surface area (Å²) in [6.07, 6.45) is 2.34. The van der Waals surface area contributed by atoms with Crippen molar-refractivity contribution in [2.24, 2.45) is 5.41 Å². The molecule has 0 atom stereocenters. The molecule has 5 heteroatoms. The summed E-state index contributed by atoms with van der Waals surface area (Å²) in [6.45, 7) is 10.8. The number of hydrogen-bond acceptors (Lipinski definition) is 4. The smallest absolute Gasteiger partial charge is 0.237 e.